The van der Waals surface area contributed by atoms with E-state index in [1.165, 1.54) is 6.92 Å². The van der Waals surface area contributed by atoms with Gasteiger partial charge in [0.05, 0.1) is 4.92 Å². The minimum atomic E-state index is -2.60. The average molecular weight is 241 g/mol. The molecule has 0 aliphatic carbocycles. The first-order chi connectivity index (χ1) is 6.43. The number of benzene rings is 1. The van der Waals surface area contributed by atoms with Gasteiger partial charge in [-0.3, -0.25) is 14.3 Å². The van der Waals surface area contributed by atoms with Crippen LogP contribution in [0.2, 0.25) is 0 Å². The predicted molar refractivity (Wildman–Crippen MR) is 45.0 cm³/mol. The fourth-order valence-corrected chi connectivity index (χ4v) is 1.43. The summed E-state index contributed by atoms with van der Waals surface area (Å²) >= 11 is -2.60. The molecule has 0 N–H and O–H groups in total. The van der Waals surface area contributed by atoms with Crippen LogP contribution in [0, 0.1) is 22.9 Å². The number of hydrogen-bond acceptors (Lipinski definition) is 4. The van der Waals surface area contributed by atoms with E-state index in [0.29, 0.717) is 6.07 Å². The van der Waals surface area contributed by atoms with Crippen molar-refractivity contribution in [1.82, 2.24) is 0 Å². The molecule has 8 heteroatoms. The molecular weight excluding hydrogens is 236 g/mol. The summed E-state index contributed by atoms with van der Waals surface area (Å²) < 4.78 is 34.0. The summed E-state index contributed by atoms with van der Waals surface area (Å²) in [6.07, 6.45) is 0. The molecule has 0 heterocycles. The summed E-state index contributed by atoms with van der Waals surface area (Å²) in [6.45, 7) is 1.26. The Bertz CT molecular complexity index is 426. The quantitative estimate of drug-likeness (QED) is 0.267. The Kier molecular flexibility index (Phi) is 5.54. The smallest absolute Gasteiger partial charge is 0.768 e. The van der Waals surface area contributed by atoms with Crippen LogP contribution < -0.4 is 29.6 Å². The third-order valence-corrected chi connectivity index (χ3v) is 2.22. The second-order valence-corrected chi connectivity index (χ2v) is 3.51. The van der Waals surface area contributed by atoms with Crippen LogP contribution in [0.15, 0.2) is 17.0 Å². The van der Waals surface area contributed by atoms with Crippen LogP contribution in [0.1, 0.15) is 5.56 Å². The van der Waals surface area contributed by atoms with Crippen molar-refractivity contribution in [2.24, 2.45) is 0 Å². The molecule has 15 heavy (non-hydrogen) atoms. The molecule has 0 aromatic heterocycles. The fraction of sp³-hybridized carbons (Fsp3) is 0.143. The molecule has 1 atom stereocenters. The summed E-state index contributed by atoms with van der Waals surface area (Å²) in [7, 11) is 0. The van der Waals surface area contributed by atoms with E-state index in [1.54, 1.807) is 0 Å². The number of aryl methyl sites for hydroxylation is 1. The zero-order chi connectivity index (χ0) is 10.9. The van der Waals surface area contributed by atoms with E-state index in [0.717, 1.165) is 6.07 Å². The van der Waals surface area contributed by atoms with Crippen molar-refractivity contribution in [3.63, 3.8) is 0 Å². The monoisotopic (exact) mass is 241 g/mol. The molecule has 1 aromatic carbocycles. The molecule has 0 amide bonds. The standard InChI is InChI=1S/C7H6FNO4S.Na/c1-4-2-5(14(12)13)3-6(7(4)8)9(10)11;/h2-3H,1H3,(H,12,13);/q;+1/p-1. The van der Waals surface area contributed by atoms with Crippen LogP contribution in [0.4, 0.5) is 10.1 Å². The number of halogens is 1. The molecule has 0 aliphatic heterocycles. The van der Waals surface area contributed by atoms with Gasteiger partial charge in [-0.15, -0.1) is 0 Å². The van der Waals surface area contributed by atoms with Crippen molar-refractivity contribution in [2.75, 3.05) is 0 Å². The van der Waals surface area contributed by atoms with Crippen molar-refractivity contribution in [3.05, 3.63) is 33.6 Å². The number of hydrogen-bond donors (Lipinski definition) is 0. The molecule has 1 unspecified atom stereocenters. The number of nitro groups is 1. The Hall–Kier alpha value is -0.340. The third-order valence-electron chi connectivity index (χ3n) is 1.60. The Morgan fingerprint density at radius 1 is 1.47 bits per heavy atom. The van der Waals surface area contributed by atoms with Crippen LogP contribution in [-0.2, 0) is 11.1 Å². The molecule has 1 rings (SSSR count). The summed E-state index contributed by atoms with van der Waals surface area (Å²) in [5, 5.41) is 10.3. The van der Waals surface area contributed by atoms with E-state index < -0.39 is 27.5 Å². The van der Waals surface area contributed by atoms with Crippen LogP contribution in [0.5, 0.6) is 0 Å². The van der Waals surface area contributed by atoms with Crippen molar-refractivity contribution in [3.8, 4) is 0 Å². The van der Waals surface area contributed by atoms with Gasteiger partial charge >= 0.3 is 35.2 Å². The maximum absolute atomic E-state index is 13.1. The van der Waals surface area contributed by atoms with E-state index in [2.05, 4.69) is 0 Å². The van der Waals surface area contributed by atoms with E-state index in [4.69, 9.17) is 0 Å². The van der Waals surface area contributed by atoms with Gasteiger partial charge in [0.15, 0.2) is 0 Å². The van der Waals surface area contributed by atoms with E-state index >= 15 is 0 Å². The Morgan fingerprint density at radius 2 is 2.00 bits per heavy atom. The van der Waals surface area contributed by atoms with Crippen molar-refractivity contribution in [1.29, 1.82) is 0 Å². The minimum Gasteiger partial charge on any atom is -0.768 e. The van der Waals surface area contributed by atoms with E-state index in [-0.39, 0.29) is 40.0 Å². The number of nitrogens with zero attached hydrogens (tertiary/aromatic N) is 1. The molecule has 0 fully saturated rings. The first-order valence-electron chi connectivity index (χ1n) is 3.47. The molecule has 0 radical (unpaired) electrons. The van der Waals surface area contributed by atoms with Gasteiger partial charge in [-0.1, -0.05) is 0 Å². The molecule has 0 bridgehead atoms. The predicted octanol–water partition coefficient (Wildman–Crippen LogP) is -1.72. The summed E-state index contributed by atoms with van der Waals surface area (Å²) in [5.74, 6) is -1.01. The van der Waals surface area contributed by atoms with Gasteiger partial charge in [0, 0.05) is 11.0 Å². The second kappa shape index (κ2) is 5.66. The largest absolute Gasteiger partial charge is 1.00 e. The third kappa shape index (κ3) is 3.32. The van der Waals surface area contributed by atoms with E-state index in [9.17, 15) is 23.3 Å². The topological polar surface area (TPSA) is 83.3 Å². The summed E-state index contributed by atoms with van der Waals surface area (Å²) in [5.41, 5.74) is -0.900. The zero-order valence-corrected chi connectivity index (χ0v) is 10.8. The Labute approximate surface area is 109 Å². The van der Waals surface area contributed by atoms with Crippen LogP contribution >= 0.6 is 0 Å². The number of rotatable bonds is 2. The number of nitro benzene ring substituents is 1. The maximum Gasteiger partial charge on any atom is 1.00 e. The minimum absolute atomic E-state index is 0. The SMILES string of the molecule is Cc1cc(S(=O)[O-])cc([N+](=O)[O-])c1F.[Na+]. The molecule has 0 saturated heterocycles. The Balaban J connectivity index is 0.00000196. The molecular formula is C7H5FNNaO4S. The molecule has 76 valence electrons. The van der Waals surface area contributed by atoms with Gasteiger partial charge < -0.3 is 4.55 Å². The molecule has 0 saturated carbocycles. The fourth-order valence-electron chi connectivity index (χ4n) is 0.948. The molecule has 5 nitrogen and oxygen atoms in total. The van der Waals surface area contributed by atoms with Gasteiger partial charge in [0.2, 0.25) is 5.82 Å². The van der Waals surface area contributed by atoms with Crippen molar-refractivity contribution >= 4 is 16.8 Å². The van der Waals surface area contributed by atoms with Gasteiger partial charge in [-0.25, -0.2) is 0 Å². The first-order valence-corrected chi connectivity index (χ1v) is 4.54. The van der Waals surface area contributed by atoms with Crippen molar-refractivity contribution in [2.45, 2.75) is 11.8 Å². The average Bonchev–Trinajstić information content (AvgIpc) is 2.08. The maximum atomic E-state index is 13.1. The summed E-state index contributed by atoms with van der Waals surface area (Å²) in [6, 6.07) is 1.72. The molecule has 0 spiro atoms. The van der Waals surface area contributed by atoms with Crippen LogP contribution in [-0.4, -0.2) is 13.7 Å². The van der Waals surface area contributed by atoms with E-state index in [1.807, 2.05) is 0 Å². The van der Waals surface area contributed by atoms with Gasteiger partial charge in [-0.05, 0) is 29.6 Å². The van der Waals surface area contributed by atoms with Gasteiger partial charge in [0.25, 0.3) is 0 Å². The first kappa shape index (κ1) is 14.7. The normalized spacial score (nSPS) is 11.7. The summed E-state index contributed by atoms with van der Waals surface area (Å²) in [4.78, 5) is 9.06. The van der Waals surface area contributed by atoms with Crippen LogP contribution in [0.3, 0.4) is 0 Å². The molecule has 1 aromatic rings. The van der Waals surface area contributed by atoms with Crippen LogP contribution in [0.25, 0.3) is 0 Å². The zero-order valence-electron chi connectivity index (χ0n) is 8.02. The molecule has 0 aliphatic rings. The Morgan fingerprint density at radius 3 is 2.40 bits per heavy atom. The van der Waals surface area contributed by atoms with Gasteiger partial charge in [0.1, 0.15) is 0 Å². The second-order valence-electron chi connectivity index (χ2n) is 2.57. The van der Waals surface area contributed by atoms with Gasteiger partial charge in [-0.2, -0.15) is 4.39 Å². The van der Waals surface area contributed by atoms with Crippen molar-refractivity contribution < 1.29 is 47.6 Å².